The molecule has 0 fully saturated rings. The van der Waals surface area contributed by atoms with Gasteiger partial charge in [-0.3, -0.25) is 4.79 Å². The molecule has 0 N–H and O–H groups in total. The lowest BCUT2D eigenvalue weighted by Gasteiger charge is -2.21. The van der Waals surface area contributed by atoms with Crippen LogP contribution in [0.4, 0.5) is 4.39 Å². The Balaban J connectivity index is 2.17. The van der Waals surface area contributed by atoms with Gasteiger partial charge in [-0.15, -0.1) is 0 Å². The highest BCUT2D eigenvalue weighted by molar-refractivity contribution is 5.94. The third-order valence-electron chi connectivity index (χ3n) is 3.61. The molecule has 4 nitrogen and oxygen atoms in total. The molecule has 122 valence electrons. The Bertz CT molecular complexity index is 670. The highest BCUT2D eigenvalue weighted by Crippen LogP contribution is 2.19. The topological polar surface area (TPSA) is 38.8 Å². The zero-order valence-electron chi connectivity index (χ0n) is 13.5. The van der Waals surface area contributed by atoms with E-state index in [2.05, 4.69) is 0 Å². The summed E-state index contributed by atoms with van der Waals surface area (Å²) < 4.78 is 24.1. The van der Waals surface area contributed by atoms with Gasteiger partial charge in [0.2, 0.25) is 0 Å². The van der Waals surface area contributed by atoms with E-state index in [4.69, 9.17) is 9.47 Å². The van der Waals surface area contributed by atoms with Crippen LogP contribution >= 0.6 is 0 Å². The second kappa shape index (κ2) is 7.63. The fraction of sp³-hybridized carbons (Fsp3) is 0.278. The van der Waals surface area contributed by atoms with Crippen molar-refractivity contribution in [3.05, 3.63) is 59.4 Å². The minimum Gasteiger partial charge on any atom is -0.497 e. The Morgan fingerprint density at radius 1 is 1.04 bits per heavy atom. The van der Waals surface area contributed by atoms with Crippen molar-refractivity contribution in [2.24, 2.45) is 0 Å². The van der Waals surface area contributed by atoms with Gasteiger partial charge in [0.15, 0.2) is 0 Å². The smallest absolute Gasteiger partial charge is 0.257 e. The summed E-state index contributed by atoms with van der Waals surface area (Å²) >= 11 is 0. The highest BCUT2D eigenvalue weighted by atomic mass is 19.1. The molecule has 1 amide bonds. The molecule has 0 aromatic heterocycles. The molecule has 0 unspecified atom stereocenters. The Morgan fingerprint density at radius 2 is 1.65 bits per heavy atom. The van der Waals surface area contributed by atoms with Gasteiger partial charge in [0, 0.05) is 19.2 Å². The zero-order valence-corrected chi connectivity index (χ0v) is 13.5. The molecule has 0 radical (unpaired) electrons. The number of carbonyl (C=O) groups is 1. The molecular weight excluding hydrogens is 297 g/mol. The molecule has 2 aromatic rings. The molecular formula is C18H20FNO3. The zero-order chi connectivity index (χ0) is 16.8. The summed E-state index contributed by atoms with van der Waals surface area (Å²) in [6.45, 7) is 2.75. The van der Waals surface area contributed by atoms with E-state index < -0.39 is 5.82 Å². The Morgan fingerprint density at radius 3 is 2.17 bits per heavy atom. The van der Waals surface area contributed by atoms with Gasteiger partial charge in [-0.25, -0.2) is 4.39 Å². The summed E-state index contributed by atoms with van der Waals surface area (Å²) in [6.07, 6.45) is 0. The van der Waals surface area contributed by atoms with Crippen LogP contribution in [-0.4, -0.2) is 31.6 Å². The lowest BCUT2D eigenvalue weighted by molar-refractivity contribution is 0.0748. The maximum Gasteiger partial charge on any atom is 0.257 e. The summed E-state index contributed by atoms with van der Waals surface area (Å²) in [5.74, 6) is 0.215. The molecule has 0 aliphatic rings. The van der Waals surface area contributed by atoms with E-state index in [1.54, 1.807) is 18.1 Å². The average molecular weight is 317 g/mol. The number of rotatable bonds is 6. The molecule has 0 aliphatic carbocycles. The fourth-order valence-corrected chi connectivity index (χ4v) is 2.25. The molecule has 0 atom stereocenters. The van der Waals surface area contributed by atoms with E-state index in [0.29, 0.717) is 18.8 Å². The molecule has 0 bridgehead atoms. The van der Waals surface area contributed by atoms with Crippen molar-refractivity contribution < 1.29 is 18.7 Å². The summed E-state index contributed by atoms with van der Waals surface area (Å²) in [6, 6.07) is 11.7. The predicted molar refractivity (Wildman–Crippen MR) is 86.4 cm³/mol. The van der Waals surface area contributed by atoms with Crippen molar-refractivity contribution in [3.8, 4) is 11.5 Å². The van der Waals surface area contributed by atoms with Crippen molar-refractivity contribution in [2.45, 2.75) is 13.5 Å². The van der Waals surface area contributed by atoms with Crippen molar-refractivity contribution in [2.75, 3.05) is 20.8 Å². The van der Waals surface area contributed by atoms with Crippen LogP contribution in [0.5, 0.6) is 11.5 Å². The number of amides is 1. The van der Waals surface area contributed by atoms with Gasteiger partial charge in [-0.1, -0.05) is 12.1 Å². The van der Waals surface area contributed by atoms with Crippen molar-refractivity contribution in [3.63, 3.8) is 0 Å². The van der Waals surface area contributed by atoms with Crippen LogP contribution in [0.1, 0.15) is 22.8 Å². The second-order valence-corrected chi connectivity index (χ2v) is 5.01. The number of hydrogen-bond acceptors (Lipinski definition) is 3. The van der Waals surface area contributed by atoms with Crippen LogP contribution in [0.25, 0.3) is 0 Å². The van der Waals surface area contributed by atoms with Gasteiger partial charge in [-0.05, 0) is 36.8 Å². The number of benzene rings is 2. The summed E-state index contributed by atoms with van der Waals surface area (Å²) in [5.41, 5.74) is 0.996. The van der Waals surface area contributed by atoms with Crippen LogP contribution in [0.15, 0.2) is 42.5 Å². The normalized spacial score (nSPS) is 10.3. The van der Waals surface area contributed by atoms with Gasteiger partial charge < -0.3 is 14.4 Å². The third kappa shape index (κ3) is 4.00. The number of carbonyl (C=O) groups excluding carboxylic acids is 1. The first kappa shape index (κ1) is 16.8. The Labute approximate surface area is 135 Å². The lowest BCUT2D eigenvalue weighted by atomic mass is 10.1. The average Bonchev–Trinajstić information content (AvgIpc) is 2.59. The Kier molecular flexibility index (Phi) is 5.57. The van der Waals surface area contributed by atoms with E-state index in [1.807, 2.05) is 31.2 Å². The maximum absolute atomic E-state index is 14.1. The van der Waals surface area contributed by atoms with Crippen molar-refractivity contribution in [1.29, 1.82) is 0 Å². The van der Waals surface area contributed by atoms with Gasteiger partial charge in [-0.2, -0.15) is 0 Å². The first-order chi connectivity index (χ1) is 11.1. The van der Waals surface area contributed by atoms with E-state index >= 15 is 0 Å². The fourth-order valence-electron chi connectivity index (χ4n) is 2.25. The number of methoxy groups -OCH3 is 2. The van der Waals surface area contributed by atoms with Crippen LogP contribution in [0.2, 0.25) is 0 Å². The first-order valence-corrected chi connectivity index (χ1v) is 7.34. The van der Waals surface area contributed by atoms with Crippen LogP contribution in [0.3, 0.4) is 0 Å². The standard InChI is InChI=1S/C18H20FNO3/c1-4-20(12-13-5-7-14(22-2)8-6-13)18(21)16-10-9-15(23-3)11-17(16)19/h5-11H,4,12H2,1-3H3. The highest BCUT2D eigenvalue weighted by Gasteiger charge is 2.19. The van der Waals surface area contributed by atoms with Gasteiger partial charge in [0.1, 0.15) is 17.3 Å². The monoisotopic (exact) mass is 317 g/mol. The molecule has 0 spiro atoms. The molecule has 0 heterocycles. The Hall–Kier alpha value is -2.56. The number of ether oxygens (including phenoxy) is 2. The van der Waals surface area contributed by atoms with E-state index in [0.717, 1.165) is 11.3 Å². The molecule has 2 aromatic carbocycles. The van der Waals surface area contributed by atoms with Crippen LogP contribution in [-0.2, 0) is 6.54 Å². The quantitative estimate of drug-likeness (QED) is 0.818. The number of hydrogen-bond donors (Lipinski definition) is 0. The third-order valence-corrected chi connectivity index (χ3v) is 3.61. The van der Waals surface area contributed by atoms with Crippen LogP contribution < -0.4 is 9.47 Å². The van der Waals surface area contributed by atoms with Gasteiger partial charge >= 0.3 is 0 Å². The number of halogens is 1. The molecule has 0 saturated heterocycles. The molecule has 5 heteroatoms. The second-order valence-electron chi connectivity index (χ2n) is 5.01. The maximum atomic E-state index is 14.1. The molecule has 0 saturated carbocycles. The first-order valence-electron chi connectivity index (χ1n) is 7.34. The lowest BCUT2D eigenvalue weighted by Crippen LogP contribution is -2.31. The summed E-state index contributed by atoms with van der Waals surface area (Å²) in [4.78, 5) is 14.1. The van der Waals surface area contributed by atoms with Crippen molar-refractivity contribution >= 4 is 5.91 Å². The molecule has 2 rings (SSSR count). The van der Waals surface area contributed by atoms with Crippen LogP contribution in [0, 0.1) is 5.82 Å². The van der Waals surface area contributed by atoms with Gasteiger partial charge in [0.25, 0.3) is 5.91 Å². The molecule has 0 aliphatic heterocycles. The predicted octanol–water partition coefficient (Wildman–Crippen LogP) is 3.51. The largest absolute Gasteiger partial charge is 0.497 e. The van der Waals surface area contributed by atoms with E-state index in [1.165, 1.54) is 19.2 Å². The number of nitrogens with zero attached hydrogens (tertiary/aromatic N) is 1. The van der Waals surface area contributed by atoms with E-state index in [-0.39, 0.29) is 11.5 Å². The summed E-state index contributed by atoms with van der Waals surface area (Å²) in [5, 5.41) is 0. The molecule has 23 heavy (non-hydrogen) atoms. The minimum absolute atomic E-state index is 0.0427. The van der Waals surface area contributed by atoms with Crippen molar-refractivity contribution in [1.82, 2.24) is 4.90 Å². The van der Waals surface area contributed by atoms with Gasteiger partial charge in [0.05, 0.1) is 19.8 Å². The van der Waals surface area contributed by atoms with E-state index in [9.17, 15) is 9.18 Å². The minimum atomic E-state index is -0.581. The summed E-state index contributed by atoms with van der Waals surface area (Å²) in [7, 11) is 3.06. The SMILES string of the molecule is CCN(Cc1ccc(OC)cc1)C(=O)c1ccc(OC)cc1F.